The van der Waals surface area contributed by atoms with E-state index in [1.165, 1.54) is 0 Å². The van der Waals surface area contributed by atoms with Gasteiger partial charge < -0.3 is 10.2 Å². The Morgan fingerprint density at radius 1 is 1.47 bits per heavy atom. The monoisotopic (exact) mass is 212 g/mol. The molecule has 0 aromatic heterocycles. The van der Waals surface area contributed by atoms with E-state index in [4.69, 9.17) is 5.11 Å². The molecule has 0 aromatic carbocycles. The van der Waals surface area contributed by atoms with Gasteiger partial charge in [0.05, 0.1) is 12.0 Å². The van der Waals surface area contributed by atoms with Crippen LogP contribution in [-0.4, -0.2) is 28.1 Å². The number of aliphatic carboxylic acids is 1. The molecule has 0 heterocycles. The molecule has 4 heteroatoms. The molecule has 0 aromatic rings. The Balaban J connectivity index is 2.33. The standard InChI is InChI=1S/C11H16O4/c1-11-5-4-7(12)9(10(14)15)6(11)2-3-8(11)13/h6-7,9,12H,2-5H2,1H3,(H,14,15)/t6-,7+,9-,11-/m0/s1. The van der Waals surface area contributed by atoms with E-state index in [1.807, 2.05) is 6.92 Å². The molecule has 84 valence electrons. The number of carbonyl (C=O) groups excluding carboxylic acids is 1. The minimum Gasteiger partial charge on any atom is -0.481 e. The third-order valence-electron chi connectivity index (χ3n) is 4.23. The molecular weight excluding hydrogens is 196 g/mol. The maximum absolute atomic E-state index is 11.7. The van der Waals surface area contributed by atoms with E-state index in [9.17, 15) is 14.7 Å². The molecule has 2 fully saturated rings. The third-order valence-corrected chi connectivity index (χ3v) is 4.23. The van der Waals surface area contributed by atoms with Gasteiger partial charge in [-0.1, -0.05) is 6.92 Å². The summed E-state index contributed by atoms with van der Waals surface area (Å²) in [6.07, 6.45) is 1.35. The number of carboxylic acid groups (broad SMARTS) is 1. The molecule has 4 nitrogen and oxygen atoms in total. The largest absolute Gasteiger partial charge is 0.481 e. The number of carbonyl (C=O) groups is 2. The van der Waals surface area contributed by atoms with E-state index in [1.54, 1.807) is 0 Å². The summed E-state index contributed by atoms with van der Waals surface area (Å²) in [5, 5.41) is 18.8. The maximum atomic E-state index is 11.7. The zero-order valence-corrected chi connectivity index (χ0v) is 8.77. The van der Waals surface area contributed by atoms with E-state index >= 15 is 0 Å². The van der Waals surface area contributed by atoms with Crippen LogP contribution in [0.25, 0.3) is 0 Å². The summed E-state index contributed by atoms with van der Waals surface area (Å²) in [6.45, 7) is 1.86. The summed E-state index contributed by atoms with van der Waals surface area (Å²) in [4.78, 5) is 22.8. The molecule has 0 bridgehead atoms. The van der Waals surface area contributed by atoms with Crippen molar-refractivity contribution in [2.75, 3.05) is 0 Å². The first kappa shape index (κ1) is 10.6. The van der Waals surface area contributed by atoms with Gasteiger partial charge in [0.15, 0.2) is 0 Å². The highest BCUT2D eigenvalue weighted by Gasteiger charge is 2.55. The fourth-order valence-electron chi connectivity index (χ4n) is 3.23. The molecule has 2 N–H and O–H groups in total. The molecule has 0 radical (unpaired) electrons. The zero-order chi connectivity index (χ0) is 11.2. The lowest BCUT2D eigenvalue weighted by Crippen LogP contribution is -2.47. The first-order valence-electron chi connectivity index (χ1n) is 5.41. The minimum absolute atomic E-state index is 0.172. The van der Waals surface area contributed by atoms with Crippen LogP contribution in [0.1, 0.15) is 32.6 Å². The lowest BCUT2D eigenvalue weighted by molar-refractivity contribution is -0.156. The summed E-state index contributed by atoms with van der Waals surface area (Å²) in [6, 6.07) is 0. The first-order chi connectivity index (χ1) is 6.97. The Kier molecular flexibility index (Phi) is 2.34. The van der Waals surface area contributed by atoms with Crippen molar-refractivity contribution in [2.24, 2.45) is 17.3 Å². The lowest BCUT2D eigenvalue weighted by Gasteiger charge is -2.41. The van der Waals surface area contributed by atoms with E-state index in [2.05, 4.69) is 0 Å². The number of carboxylic acids is 1. The van der Waals surface area contributed by atoms with Crippen molar-refractivity contribution in [3.63, 3.8) is 0 Å². The number of ketones is 1. The lowest BCUT2D eigenvalue weighted by atomic mass is 9.63. The highest BCUT2D eigenvalue weighted by Crippen LogP contribution is 2.52. The van der Waals surface area contributed by atoms with Crippen LogP contribution in [0.15, 0.2) is 0 Å². The number of rotatable bonds is 1. The fourth-order valence-corrected chi connectivity index (χ4v) is 3.23. The van der Waals surface area contributed by atoms with Gasteiger partial charge in [-0.05, 0) is 25.2 Å². The molecule has 0 aliphatic heterocycles. The van der Waals surface area contributed by atoms with Gasteiger partial charge in [-0.15, -0.1) is 0 Å². The first-order valence-corrected chi connectivity index (χ1v) is 5.41. The third kappa shape index (κ3) is 1.39. The Labute approximate surface area is 88.3 Å². The Bertz CT molecular complexity index is 312. The van der Waals surface area contributed by atoms with Crippen LogP contribution < -0.4 is 0 Å². The van der Waals surface area contributed by atoms with Crippen LogP contribution in [-0.2, 0) is 9.59 Å². The van der Waals surface area contributed by atoms with Gasteiger partial charge in [-0.3, -0.25) is 9.59 Å². The van der Waals surface area contributed by atoms with E-state index < -0.39 is 23.4 Å². The van der Waals surface area contributed by atoms with Gasteiger partial charge in [0.2, 0.25) is 0 Å². The SMILES string of the molecule is C[C@]12CC[C@@H](O)[C@@H](C(=O)O)[C@@H]1CCC2=O. The molecular formula is C11H16O4. The average Bonchev–Trinajstić information content (AvgIpc) is 2.44. The number of fused-ring (bicyclic) bond motifs is 1. The zero-order valence-electron chi connectivity index (χ0n) is 8.77. The van der Waals surface area contributed by atoms with Gasteiger partial charge in [-0.2, -0.15) is 0 Å². The highest BCUT2D eigenvalue weighted by atomic mass is 16.4. The Morgan fingerprint density at radius 2 is 2.13 bits per heavy atom. The predicted molar refractivity (Wildman–Crippen MR) is 52.2 cm³/mol. The average molecular weight is 212 g/mol. The summed E-state index contributed by atoms with van der Waals surface area (Å²) in [5.41, 5.74) is -0.498. The molecule has 0 spiro atoms. The smallest absolute Gasteiger partial charge is 0.309 e. The van der Waals surface area contributed by atoms with E-state index in [-0.39, 0.29) is 11.7 Å². The molecule has 0 saturated heterocycles. The molecule has 2 aliphatic carbocycles. The van der Waals surface area contributed by atoms with Crippen LogP contribution in [0, 0.1) is 17.3 Å². The predicted octanol–water partition coefficient (Wildman–Crippen LogP) is 0.827. The second kappa shape index (κ2) is 3.30. The van der Waals surface area contributed by atoms with Gasteiger partial charge in [0.25, 0.3) is 0 Å². The maximum Gasteiger partial charge on any atom is 0.309 e. The van der Waals surface area contributed by atoms with Gasteiger partial charge >= 0.3 is 5.97 Å². The number of aliphatic hydroxyl groups excluding tert-OH is 1. The van der Waals surface area contributed by atoms with Crippen molar-refractivity contribution in [2.45, 2.75) is 38.7 Å². The van der Waals surface area contributed by atoms with E-state index in [0.29, 0.717) is 25.7 Å². The minimum atomic E-state index is -0.965. The molecule has 0 amide bonds. The quantitative estimate of drug-likeness (QED) is 0.675. The Hall–Kier alpha value is -0.900. The molecule has 4 atom stereocenters. The molecule has 15 heavy (non-hydrogen) atoms. The van der Waals surface area contributed by atoms with Crippen molar-refractivity contribution in [1.82, 2.24) is 0 Å². The number of aliphatic hydroxyl groups is 1. The van der Waals surface area contributed by atoms with Gasteiger partial charge in [0, 0.05) is 11.8 Å². The Morgan fingerprint density at radius 3 is 2.73 bits per heavy atom. The topological polar surface area (TPSA) is 74.6 Å². The molecule has 2 aliphatic rings. The van der Waals surface area contributed by atoms with Crippen LogP contribution in [0.2, 0.25) is 0 Å². The van der Waals surface area contributed by atoms with Crippen LogP contribution in [0.4, 0.5) is 0 Å². The van der Waals surface area contributed by atoms with Crippen LogP contribution in [0.5, 0.6) is 0 Å². The number of Topliss-reactive ketones (excluding diaryl/α,β-unsaturated/α-hetero) is 1. The second-order valence-electron chi connectivity index (χ2n) is 4.96. The van der Waals surface area contributed by atoms with Gasteiger partial charge in [-0.25, -0.2) is 0 Å². The van der Waals surface area contributed by atoms with Gasteiger partial charge in [0.1, 0.15) is 5.78 Å². The summed E-state index contributed by atoms with van der Waals surface area (Å²) < 4.78 is 0. The van der Waals surface area contributed by atoms with Crippen molar-refractivity contribution in [3.05, 3.63) is 0 Å². The fraction of sp³-hybridized carbons (Fsp3) is 0.818. The molecule has 2 rings (SSSR count). The highest BCUT2D eigenvalue weighted by molar-refractivity contribution is 5.88. The van der Waals surface area contributed by atoms with Crippen LogP contribution >= 0.6 is 0 Å². The molecule has 2 saturated carbocycles. The van der Waals surface area contributed by atoms with Crippen molar-refractivity contribution >= 4 is 11.8 Å². The number of hydrogen-bond acceptors (Lipinski definition) is 3. The van der Waals surface area contributed by atoms with Crippen molar-refractivity contribution in [3.8, 4) is 0 Å². The molecule has 0 unspecified atom stereocenters. The summed E-state index contributed by atoms with van der Waals surface area (Å²) >= 11 is 0. The van der Waals surface area contributed by atoms with E-state index in [0.717, 1.165) is 0 Å². The second-order valence-corrected chi connectivity index (χ2v) is 4.96. The summed E-state index contributed by atoms with van der Waals surface area (Å²) in [5.74, 6) is -1.72. The number of hydrogen-bond donors (Lipinski definition) is 2. The summed E-state index contributed by atoms with van der Waals surface area (Å²) in [7, 11) is 0. The normalized spacial score (nSPS) is 45.2. The van der Waals surface area contributed by atoms with Crippen LogP contribution in [0.3, 0.4) is 0 Å². The van der Waals surface area contributed by atoms with Crippen molar-refractivity contribution < 1.29 is 19.8 Å². The van der Waals surface area contributed by atoms with Crippen molar-refractivity contribution in [1.29, 1.82) is 0 Å².